The lowest BCUT2D eigenvalue weighted by atomic mass is 10.9. The Hall–Kier alpha value is -3.16. The van der Waals surface area contributed by atoms with Gasteiger partial charge in [-0.25, -0.2) is 0 Å². The van der Waals surface area contributed by atoms with Crippen molar-refractivity contribution in [2.75, 3.05) is 0 Å². The van der Waals surface area contributed by atoms with E-state index in [0.29, 0.717) is 0 Å². The number of rotatable bonds is 0. The summed E-state index contributed by atoms with van der Waals surface area (Å²) in [5.74, 6) is -3.33. The van der Waals surface area contributed by atoms with Crippen LogP contribution in [0.5, 0.6) is 0 Å². The zero-order valence-electron chi connectivity index (χ0n) is 15.1. The second kappa shape index (κ2) is 90.1. The molecule has 144 valence electrons. The summed E-state index contributed by atoms with van der Waals surface area (Å²) < 4.78 is 0. The topological polar surface area (TPSA) is 149 Å². The Balaban J connectivity index is -0.0000000208. The highest BCUT2D eigenvalue weighted by Crippen LogP contribution is 1.43. The number of hydrogen-bond acceptors (Lipinski definition) is 4. The van der Waals surface area contributed by atoms with Gasteiger partial charge in [-0.1, -0.05) is 0 Å². The SMILES string of the molecule is C=C.C=C.C=C.C=C.CC(=O)O.CC(=O)O.CC(=O)O.CC(=O)O. The van der Waals surface area contributed by atoms with E-state index in [1.54, 1.807) is 0 Å². The van der Waals surface area contributed by atoms with Gasteiger partial charge < -0.3 is 20.4 Å². The number of carbonyl (C=O) groups is 4. The van der Waals surface area contributed by atoms with Gasteiger partial charge in [-0.3, -0.25) is 19.2 Å². The van der Waals surface area contributed by atoms with Crippen LogP contribution in [-0.2, 0) is 19.2 Å². The first kappa shape index (κ1) is 49.8. The lowest BCUT2D eigenvalue weighted by Crippen LogP contribution is -1.78. The van der Waals surface area contributed by atoms with Crippen molar-refractivity contribution in [3.8, 4) is 0 Å². The van der Waals surface area contributed by atoms with Crippen molar-refractivity contribution in [1.29, 1.82) is 0 Å². The molecule has 0 rings (SSSR count). The van der Waals surface area contributed by atoms with Crippen molar-refractivity contribution in [3.05, 3.63) is 52.6 Å². The molecule has 0 saturated heterocycles. The fourth-order valence-corrected chi connectivity index (χ4v) is 0. The second-order valence-electron chi connectivity index (χ2n) is 2.08. The molecule has 0 saturated carbocycles. The van der Waals surface area contributed by atoms with Gasteiger partial charge in [0.15, 0.2) is 0 Å². The highest BCUT2D eigenvalue weighted by Gasteiger charge is 1.66. The van der Waals surface area contributed by atoms with Crippen LogP contribution in [0.2, 0.25) is 0 Å². The van der Waals surface area contributed by atoms with E-state index < -0.39 is 23.9 Å². The van der Waals surface area contributed by atoms with E-state index >= 15 is 0 Å². The Bertz CT molecular complexity index is 203. The van der Waals surface area contributed by atoms with Crippen LogP contribution in [0.4, 0.5) is 0 Å². The summed E-state index contributed by atoms with van der Waals surface area (Å²) in [4.78, 5) is 36.0. The van der Waals surface area contributed by atoms with Crippen LogP contribution in [0.1, 0.15) is 27.7 Å². The first-order chi connectivity index (χ1) is 10.9. The van der Waals surface area contributed by atoms with Crippen molar-refractivity contribution in [2.24, 2.45) is 0 Å². The van der Waals surface area contributed by atoms with Crippen molar-refractivity contribution in [2.45, 2.75) is 27.7 Å². The standard InChI is InChI=1S/4C2H4O2.4C2H4/c4*1-2(3)4;4*1-2/h4*1H3,(H,3,4);4*1-2H2. The Morgan fingerprint density at radius 3 is 0.417 bits per heavy atom. The van der Waals surface area contributed by atoms with Crippen LogP contribution in [0.3, 0.4) is 0 Å². The van der Waals surface area contributed by atoms with E-state index in [9.17, 15) is 0 Å². The van der Waals surface area contributed by atoms with Gasteiger partial charge >= 0.3 is 0 Å². The van der Waals surface area contributed by atoms with Crippen molar-refractivity contribution < 1.29 is 39.6 Å². The minimum atomic E-state index is -0.833. The van der Waals surface area contributed by atoms with Gasteiger partial charge in [-0.05, 0) is 0 Å². The van der Waals surface area contributed by atoms with E-state index in [0.717, 1.165) is 27.7 Å². The summed E-state index contributed by atoms with van der Waals surface area (Å²) >= 11 is 0. The summed E-state index contributed by atoms with van der Waals surface area (Å²) in [6.07, 6.45) is 0. The minimum absolute atomic E-state index is 0.833. The van der Waals surface area contributed by atoms with E-state index in [4.69, 9.17) is 39.6 Å². The van der Waals surface area contributed by atoms with Crippen LogP contribution in [0.25, 0.3) is 0 Å². The van der Waals surface area contributed by atoms with E-state index in [2.05, 4.69) is 52.6 Å². The molecule has 0 heterocycles. The summed E-state index contributed by atoms with van der Waals surface area (Å²) in [6, 6.07) is 0. The first-order valence-corrected chi connectivity index (χ1v) is 5.71. The van der Waals surface area contributed by atoms with Crippen LogP contribution < -0.4 is 0 Å². The molecule has 0 aliphatic rings. The predicted molar refractivity (Wildman–Crippen MR) is 98.3 cm³/mol. The Labute approximate surface area is 144 Å². The molecule has 0 aromatic heterocycles. The van der Waals surface area contributed by atoms with Crippen LogP contribution >= 0.6 is 0 Å². The van der Waals surface area contributed by atoms with Gasteiger partial charge in [0.25, 0.3) is 23.9 Å². The van der Waals surface area contributed by atoms with Gasteiger partial charge in [0.1, 0.15) is 0 Å². The van der Waals surface area contributed by atoms with Crippen molar-refractivity contribution in [3.63, 3.8) is 0 Å². The monoisotopic (exact) mass is 352 g/mol. The third-order valence-corrected chi connectivity index (χ3v) is 0. The van der Waals surface area contributed by atoms with Gasteiger partial charge in [-0.15, -0.1) is 52.6 Å². The van der Waals surface area contributed by atoms with Crippen LogP contribution in [0.15, 0.2) is 52.6 Å². The lowest BCUT2D eigenvalue weighted by Gasteiger charge is -1.59. The first-order valence-electron chi connectivity index (χ1n) is 5.71. The number of aliphatic carboxylic acids is 4. The molecule has 0 spiro atoms. The molecule has 0 aliphatic heterocycles. The van der Waals surface area contributed by atoms with E-state index in [1.807, 2.05) is 0 Å². The second-order valence-corrected chi connectivity index (χ2v) is 2.08. The smallest absolute Gasteiger partial charge is 0.300 e. The maximum atomic E-state index is 9.00. The molecule has 0 unspecified atom stereocenters. The highest BCUT2D eigenvalue weighted by atomic mass is 16.4. The zero-order chi connectivity index (χ0) is 22.3. The maximum Gasteiger partial charge on any atom is 0.300 e. The van der Waals surface area contributed by atoms with Crippen molar-refractivity contribution >= 4 is 23.9 Å². The zero-order valence-corrected chi connectivity index (χ0v) is 15.1. The predicted octanol–water partition coefficient (Wildman–Crippen LogP) is 3.57. The maximum absolute atomic E-state index is 9.00. The average Bonchev–Trinajstić information content (AvgIpc) is 2.44. The minimum Gasteiger partial charge on any atom is -0.481 e. The molecule has 8 heteroatoms. The summed E-state index contributed by atoms with van der Waals surface area (Å²) in [6.45, 7) is 28.3. The average molecular weight is 352 g/mol. The molecule has 24 heavy (non-hydrogen) atoms. The highest BCUT2D eigenvalue weighted by molar-refractivity contribution is 5.63. The van der Waals surface area contributed by atoms with Crippen LogP contribution in [-0.4, -0.2) is 44.3 Å². The summed E-state index contributed by atoms with van der Waals surface area (Å²) in [5, 5.41) is 29.7. The quantitative estimate of drug-likeness (QED) is 0.483. The molecule has 0 fully saturated rings. The van der Waals surface area contributed by atoms with Gasteiger partial charge in [-0.2, -0.15) is 0 Å². The normalized spacial score (nSPS) is 4.83. The molecule has 0 aromatic rings. The van der Waals surface area contributed by atoms with E-state index in [-0.39, 0.29) is 0 Å². The van der Waals surface area contributed by atoms with Crippen LogP contribution in [0, 0.1) is 0 Å². The molecule has 0 aliphatic carbocycles. The molecular formula is C16H32O8. The fraction of sp³-hybridized carbons (Fsp3) is 0.250. The number of carboxylic acid groups (broad SMARTS) is 4. The fourth-order valence-electron chi connectivity index (χ4n) is 0. The number of carboxylic acids is 4. The largest absolute Gasteiger partial charge is 0.481 e. The third kappa shape index (κ3) is 600. The van der Waals surface area contributed by atoms with Gasteiger partial charge in [0.2, 0.25) is 0 Å². The summed E-state index contributed by atoms with van der Waals surface area (Å²) in [7, 11) is 0. The Morgan fingerprint density at radius 1 is 0.417 bits per heavy atom. The Kier molecular flexibility index (Phi) is 187. The molecule has 4 N–H and O–H groups in total. The van der Waals surface area contributed by atoms with E-state index in [1.165, 1.54) is 0 Å². The molecule has 0 aromatic carbocycles. The third-order valence-electron chi connectivity index (χ3n) is 0. The van der Waals surface area contributed by atoms with Gasteiger partial charge in [0.05, 0.1) is 0 Å². The lowest BCUT2D eigenvalue weighted by molar-refractivity contribution is -0.135. The molecule has 0 bridgehead atoms. The Morgan fingerprint density at radius 2 is 0.417 bits per heavy atom. The molecule has 0 radical (unpaired) electrons. The molecule has 0 atom stereocenters. The van der Waals surface area contributed by atoms with Crippen molar-refractivity contribution in [1.82, 2.24) is 0 Å². The molecule has 8 nitrogen and oxygen atoms in total. The number of hydrogen-bond donors (Lipinski definition) is 4. The molecule has 0 amide bonds. The molecular weight excluding hydrogens is 320 g/mol. The van der Waals surface area contributed by atoms with Gasteiger partial charge in [0, 0.05) is 27.7 Å². The summed E-state index contributed by atoms with van der Waals surface area (Å²) in [5.41, 5.74) is 0.